The lowest BCUT2D eigenvalue weighted by Gasteiger charge is -2.20. The van der Waals surface area contributed by atoms with Crippen LogP contribution in [0.1, 0.15) is 36.5 Å². The van der Waals surface area contributed by atoms with Gasteiger partial charge in [-0.1, -0.05) is 30.3 Å². The highest BCUT2D eigenvalue weighted by Gasteiger charge is 2.25. The second-order valence-electron chi connectivity index (χ2n) is 8.06. The molecule has 0 spiro atoms. The molecule has 0 fully saturated rings. The van der Waals surface area contributed by atoms with E-state index in [-0.39, 0.29) is 12.0 Å². The van der Waals surface area contributed by atoms with Gasteiger partial charge in [0.05, 0.1) is 0 Å². The Morgan fingerprint density at radius 1 is 1.09 bits per heavy atom. The molecule has 1 amide bonds. The van der Waals surface area contributed by atoms with E-state index in [1.807, 2.05) is 36.4 Å². The van der Waals surface area contributed by atoms with E-state index in [9.17, 15) is 19.5 Å². The largest absolute Gasteiger partial charge is 0.481 e. The molecule has 1 heterocycles. The number of ether oxygens (including phenoxy) is 1. The molecule has 0 saturated heterocycles. The molecule has 7 nitrogen and oxygen atoms in total. The van der Waals surface area contributed by atoms with E-state index >= 15 is 0 Å². The van der Waals surface area contributed by atoms with Crippen LogP contribution in [0, 0.1) is 0 Å². The van der Waals surface area contributed by atoms with Crippen molar-refractivity contribution in [3.05, 3.63) is 75.6 Å². The van der Waals surface area contributed by atoms with Crippen molar-refractivity contribution in [3.8, 4) is 5.75 Å². The third kappa shape index (κ3) is 4.66. The number of rotatable bonds is 7. The normalized spacial score (nSPS) is 14.9. The standard InChI is InChI=1S/C25H25NO6/c1-15(23(27)26-21(24(28)29)13-16-7-3-2-4-8-16)31-17-11-12-19-18-9-5-6-10-20(18)25(30)32-22(19)14-17/h2-4,7-8,11-12,14-15,21H,5-6,9-10,13H2,1H3,(H,26,27)(H,28,29)/t15?,21-/m0/s1. The Labute approximate surface area is 185 Å². The summed E-state index contributed by atoms with van der Waals surface area (Å²) in [5.41, 5.74) is 2.70. The highest BCUT2D eigenvalue weighted by Crippen LogP contribution is 2.29. The van der Waals surface area contributed by atoms with Gasteiger partial charge in [0.1, 0.15) is 17.4 Å². The van der Waals surface area contributed by atoms with Gasteiger partial charge in [-0.05, 0) is 55.9 Å². The quantitative estimate of drug-likeness (QED) is 0.552. The van der Waals surface area contributed by atoms with Crippen molar-refractivity contribution in [1.29, 1.82) is 0 Å². The lowest BCUT2D eigenvalue weighted by atomic mass is 9.91. The van der Waals surface area contributed by atoms with Crippen molar-refractivity contribution < 1.29 is 23.8 Å². The Hall–Kier alpha value is -3.61. The fourth-order valence-corrected chi connectivity index (χ4v) is 4.10. The average molecular weight is 435 g/mol. The zero-order chi connectivity index (χ0) is 22.7. The van der Waals surface area contributed by atoms with Gasteiger partial charge >= 0.3 is 11.6 Å². The first-order valence-corrected chi connectivity index (χ1v) is 10.7. The number of carbonyl (C=O) groups excluding carboxylic acids is 1. The second kappa shape index (κ2) is 9.26. The van der Waals surface area contributed by atoms with Gasteiger partial charge in [-0.3, -0.25) is 4.79 Å². The maximum absolute atomic E-state index is 12.6. The second-order valence-corrected chi connectivity index (χ2v) is 8.06. The van der Waals surface area contributed by atoms with E-state index in [1.165, 1.54) is 0 Å². The van der Waals surface area contributed by atoms with Gasteiger partial charge in [-0.25, -0.2) is 9.59 Å². The fourth-order valence-electron chi connectivity index (χ4n) is 4.10. The van der Waals surface area contributed by atoms with Crippen molar-refractivity contribution in [2.24, 2.45) is 0 Å². The van der Waals surface area contributed by atoms with Crippen LogP contribution in [0.2, 0.25) is 0 Å². The monoisotopic (exact) mass is 435 g/mol. The van der Waals surface area contributed by atoms with Crippen LogP contribution >= 0.6 is 0 Å². The third-order valence-electron chi connectivity index (χ3n) is 5.77. The molecular formula is C25H25NO6. The number of fused-ring (bicyclic) bond motifs is 3. The Balaban J connectivity index is 1.47. The molecular weight excluding hydrogens is 410 g/mol. The molecule has 2 N–H and O–H groups in total. The highest BCUT2D eigenvalue weighted by atomic mass is 16.5. The van der Waals surface area contributed by atoms with Crippen LogP contribution in [0.15, 0.2) is 57.7 Å². The van der Waals surface area contributed by atoms with Crippen molar-refractivity contribution in [1.82, 2.24) is 5.32 Å². The van der Waals surface area contributed by atoms with E-state index in [2.05, 4.69) is 5.32 Å². The Morgan fingerprint density at radius 2 is 1.81 bits per heavy atom. The Kier molecular flexibility index (Phi) is 6.25. The summed E-state index contributed by atoms with van der Waals surface area (Å²) < 4.78 is 11.2. The molecule has 0 bridgehead atoms. The highest BCUT2D eigenvalue weighted by molar-refractivity contribution is 5.87. The molecule has 166 valence electrons. The predicted molar refractivity (Wildman–Crippen MR) is 119 cm³/mol. The van der Waals surface area contributed by atoms with Gasteiger partial charge in [0.2, 0.25) is 0 Å². The molecule has 7 heteroatoms. The number of carbonyl (C=O) groups is 2. The molecule has 1 aromatic heterocycles. The van der Waals surface area contributed by atoms with E-state index in [1.54, 1.807) is 19.1 Å². The molecule has 0 radical (unpaired) electrons. The summed E-state index contributed by atoms with van der Waals surface area (Å²) >= 11 is 0. The zero-order valence-corrected chi connectivity index (χ0v) is 17.8. The molecule has 1 aliphatic rings. The van der Waals surface area contributed by atoms with Crippen molar-refractivity contribution in [2.75, 3.05) is 0 Å². The Morgan fingerprint density at radius 3 is 2.53 bits per heavy atom. The van der Waals surface area contributed by atoms with Crippen molar-refractivity contribution in [3.63, 3.8) is 0 Å². The third-order valence-corrected chi connectivity index (χ3v) is 5.77. The van der Waals surface area contributed by atoms with Crippen LogP contribution in [0.4, 0.5) is 0 Å². The minimum Gasteiger partial charge on any atom is -0.481 e. The van der Waals surface area contributed by atoms with E-state index in [0.717, 1.165) is 47.8 Å². The molecule has 3 aromatic rings. The number of benzene rings is 2. The van der Waals surface area contributed by atoms with Crippen LogP contribution in [-0.2, 0) is 28.9 Å². The molecule has 32 heavy (non-hydrogen) atoms. The van der Waals surface area contributed by atoms with Crippen molar-refractivity contribution in [2.45, 2.75) is 51.2 Å². The number of aryl methyl sites for hydroxylation is 1. The fraction of sp³-hybridized carbons (Fsp3) is 0.320. The summed E-state index contributed by atoms with van der Waals surface area (Å²) in [4.78, 5) is 36.5. The maximum atomic E-state index is 12.6. The molecule has 1 aliphatic carbocycles. The number of aliphatic carboxylic acids is 1. The maximum Gasteiger partial charge on any atom is 0.339 e. The van der Waals surface area contributed by atoms with Crippen molar-refractivity contribution >= 4 is 22.8 Å². The molecule has 0 aliphatic heterocycles. The minimum absolute atomic E-state index is 0.168. The van der Waals surface area contributed by atoms with E-state index in [4.69, 9.17) is 9.15 Å². The number of nitrogens with one attached hydrogen (secondary N) is 1. The lowest BCUT2D eigenvalue weighted by molar-refractivity contribution is -0.142. The van der Waals surface area contributed by atoms with Gasteiger partial charge in [-0.2, -0.15) is 0 Å². The van der Waals surface area contributed by atoms with Crippen LogP contribution in [0.3, 0.4) is 0 Å². The lowest BCUT2D eigenvalue weighted by Crippen LogP contribution is -2.47. The summed E-state index contributed by atoms with van der Waals surface area (Å²) in [6.07, 6.45) is 2.83. The number of hydrogen-bond acceptors (Lipinski definition) is 5. The Bertz CT molecular complexity index is 1200. The first-order valence-electron chi connectivity index (χ1n) is 10.7. The zero-order valence-electron chi connectivity index (χ0n) is 17.8. The van der Waals surface area contributed by atoms with Gasteiger partial charge in [-0.15, -0.1) is 0 Å². The summed E-state index contributed by atoms with van der Waals surface area (Å²) in [6.45, 7) is 1.55. The van der Waals surface area contributed by atoms with Crippen LogP contribution in [0.5, 0.6) is 5.75 Å². The van der Waals surface area contributed by atoms with Crippen LogP contribution in [-0.4, -0.2) is 29.1 Å². The van der Waals surface area contributed by atoms with Gasteiger partial charge in [0.25, 0.3) is 5.91 Å². The summed E-state index contributed by atoms with van der Waals surface area (Å²) in [7, 11) is 0. The predicted octanol–water partition coefficient (Wildman–Crippen LogP) is 3.25. The molecule has 2 aromatic carbocycles. The molecule has 0 saturated carbocycles. The number of carboxylic acids is 1. The molecule has 4 rings (SSSR count). The van der Waals surface area contributed by atoms with Crippen LogP contribution < -0.4 is 15.7 Å². The van der Waals surface area contributed by atoms with E-state index < -0.39 is 24.0 Å². The topological polar surface area (TPSA) is 106 Å². The SMILES string of the molecule is CC(Oc1ccc2c3c(c(=O)oc2c1)CCCC3)C(=O)N[C@@H](Cc1ccccc1)C(=O)O. The van der Waals surface area contributed by atoms with Crippen LogP contribution in [0.25, 0.3) is 11.0 Å². The van der Waals surface area contributed by atoms with E-state index in [0.29, 0.717) is 11.3 Å². The summed E-state index contributed by atoms with van der Waals surface area (Å²) in [6, 6.07) is 13.2. The molecule has 1 unspecified atom stereocenters. The minimum atomic E-state index is -1.12. The first kappa shape index (κ1) is 21.6. The number of hydrogen-bond donors (Lipinski definition) is 2. The number of amides is 1. The van der Waals surface area contributed by atoms with Gasteiger partial charge in [0.15, 0.2) is 6.10 Å². The summed E-state index contributed by atoms with van der Waals surface area (Å²) in [5.74, 6) is -1.29. The number of carboxylic acid groups (broad SMARTS) is 1. The smallest absolute Gasteiger partial charge is 0.339 e. The molecule has 2 atom stereocenters. The average Bonchev–Trinajstić information content (AvgIpc) is 2.79. The summed E-state index contributed by atoms with van der Waals surface area (Å²) in [5, 5.41) is 12.9. The van der Waals surface area contributed by atoms with Gasteiger partial charge < -0.3 is 19.6 Å². The van der Waals surface area contributed by atoms with Gasteiger partial charge in [0, 0.05) is 23.4 Å². The first-order chi connectivity index (χ1) is 15.4.